The number of nitrogens with zero attached hydrogens (tertiary/aromatic N) is 1. The van der Waals surface area contributed by atoms with Crippen LogP contribution in [0.1, 0.15) is 25.1 Å². The summed E-state index contributed by atoms with van der Waals surface area (Å²) < 4.78 is 5.91. The van der Waals surface area contributed by atoms with E-state index < -0.39 is 0 Å². The van der Waals surface area contributed by atoms with Crippen LogP contribution < -0.4 is 10.1 Å². The molecule has 0 saturated carbocycles. The topological polar surface area (TPSA) is 34.1 Å². The zero-order chi connectivity index (χ0) is 15.2. The van der Waals surface area contributed by atoms with Crippen molar-refractivity contribution < 1.29 is 4.74 Å². The second-order valence-electron chi connectivity index (χ2n) is 5.52. The molecule has 0 radical (unpaired) electrons. The SMILES string of the molecule is Cc1cc(Cl)ccc1Oc1ccnc(CNCC(C)C)c1. The van der Waals surface area contributed by atoms with Gasteiger partial charge in [-0.25, -0.2) is 0 Å². The average molecular weight is 305 g/mol. The van der Waals surface area contributed by atoms with Crippen molar-refractivity contribution in [3.63, 3.8) is 0 Å². The fraction of sp³-hybridized carbons (Fsp3) is 0.353. The van der Waals surface area contributed by atoms with Crippen molar-refractivity contribution in [1.29, 1.82) is 0 Å². The molecular weight excluding hydrogens is 284 g/mol. The van der Waals surface area contributed by atoms with Crippen molar-refractivity contribution >= 4 is 11.6 Å². The maximum Gasteiger partial charge on any atom is 0.130 e. The Morgan fingerprint density at radius 1 is 1.24 bits per heavy atom. The first-order chi connectivity index (χ1) is 10.0. The van der Waals surface area contributed by atoms with E-state index in [-0.39, 0.29) is 0 Å². The van der Waals surface area contributed by atoms with Gasteiger partial charge in [0.2, 0.25) is 0 Å². The minimum Gasteiger partial charge on any atom is -0.457 e. The van der Waals surface area contributed by atoms with Crippen LogP contribution in [0.3, 0.4) is 0 Å². The predicted molar refractivity (Wildman–Crippen MR) is 87.0 cm³/mol. The third kappa shape index (κ3) is 5.03. The summed E-state index contributed by atoms with van der Waals surface area (Å²) in [5, 5.41) is 4.09. The summed E-state index contributed by atoms with van der Waals surface area (Å²) in [4.78, 5) is 4.35. The van der Waals surface area contributed by atoms with Gasteiger partial charge in [0.1, 0.15) is 11.5 Å². The molecule has 21 heavy (non-hydrogen) atoms. The van der Waals surface area contributed by atoms with E-state index >= 15 is 0 Å². The normalized spacial score (nSPS) is 10.9. The molecule has 0 aliphatic rings. The number of rotatable bonds is 6. The zero-order valence-corrected chi connectivity index (χ0v) is 13.4. The highest BCUT2D eigenvalue weighted by Crippen LogP contribution is 2.27. The fourth-order valence-electron chi connectivity index (χ4n) is 1.96. The summed E-state index contributed by atoms with van der Waals surface area (Å²) in [6.45, 7) is 8.07. The van der Waals surface area contributed by atoms with Gasteiger partial charge in [0.25, 0.3) is 0 Å². The minimum absolute atomic E-state index is 0.626. The van der Waals surface area contributed by atoms with E-state index in [1.54, 1.807) is 6.20 Å². The van der Waals surface area contributed by atoms with Gasteiger partial charge in [-0.15, -0.1) is 0 Å². The molecule has 0 saturated heterocycles. The molecule has 0 bridgehead atoms. The quantitative estimate of drug-likeness (QED) is 0.848. The van der Waals surface area contributed by atoms with Crippen molar-refractivity contribution in [2.45, 2.75) is 27.3 Å². The van der Waals surface area contributed by atoms with Crippen LogP contribution in [0.25, 0.3) is 0 Å². The third-order valence-electron chi connectivity index (χ3n) is 3.01. The van der Waals surface area contributed by atoms with Crippen LogP contribution in [0.4, 0.5) is 0 Å². The molecule has 2 aromatic rings. The summed E-state index contributed by atoms with van der Waals surface area (Å²) in [7, 11) is 0. The van der Waals surface area contributed by atoms with Crippen LogP contribution in [0, 0.1) is 12.8 Å². The first-order valence-corrected chi connectivity index (χ1v) is 7.52. The van der Waals surface area contributed by atoms with Gasteiger partial charge in [0.15, 0.2) is 0 Å². The molecule has 3 nitrogen and oxygen atoms in total. The van der Waals surface area contributed by atoms with Gasteiger partial charge in [-0.2, -0.15) is 0 Å². The number of ether oxygens (including phenoxy) is 1. The summed E-state index contributed by atoms with van der Waals surface area (Å²) in [6, 6.07) is 9.43. The second-order valence-corrected chi connectivity index (χ2v) is 5.96. The highest BCUT2D eigenvalue weighted by atomic mass is 35.5. The molecule has 4 heteroatoms. The highest BCUT2D eigenvalue weighted by Gasteiger charge is 2.04. The molecule has 0 spiro atoms. The van der Waals surface area contributed by atoms with Crippen LogP contribution in [-0.4, -0.2) is 11.5 Å². The molecule has 0 atom stereocenters. The largest absolute Gasteiger partial charge is 0.457 e. The molecule has 0 amide bonds. The van der Waals surface area contributed by atoms with Gasteiger partial charge in [0, 0.05) is 23.8 Å². The zero-order valence-electron chi connectivity index (χ0n) is 12.7. The summed E-state index contributed by atoms with van der Waals surface area (Å²) >= 11 is 5.95. The number of pyridine rings is 1. The maximum atomic E-state index is 5.95. The molecule has 1 aromatic heterocycles. The van der Waals surface area contributed by atoms with E-state index in [1.807, 2.05) is 37.3 Å². The number of hydrogen-bond donors (Lipinski definition) is 1. The first kappa shape index (κ1) is 15.8. The Morgan fingerprint density at radius 2 is 2.05 bits per heavy atom. The number of aryl methyl sites for hydroxylation is 1. The number of benzene rings is 1. The lowest BCUT2D eigenvalue weighted by atomic mass is 10.2. The van der Waals surface area contributed by atoms with Crippen molar-refractivity contribution in [2.75, 3.05) is 6.54 Å². The van der Waals surface area contributed by atoms with Gasteiger partial charge in [-0.1, -0.05) is 25.4 Å². The average Bonchev–Trinajstić information content (AvgIpc) is 2.42. The Bertz CT molecular complexity index is 599. The number of halogens is 1. The molecule has 1 heterocycles. The molecule has 1 aromatic carbocycles. The lowest BCUT2D eigenvalue weighted by Crippen LogP contribution is -2.19. The Morgan fingerprint density at radius 3 is 2.76 bits per heavy atom. The van der Waals surface area contributed by atoms with E-state index in [0.29, 0.717) is 10.9 Å². The smallest absolute Gasteiger partial charge is 0.130 e. The number of hydrogen-bond acceptors (Lipinski definition) is 3. The van der Waals surface area contributed by atoms with Crippen molar-refractivity contribution in [2.24, 2.45) is 5.92 Å². The van der Waals surface area contributed by atoms with Crippen LogP contribution in [-0.2, 0) is 6.54 Å². The van der Waals surface area contributed by atoms with E-state index in [1.165, 1.54) is 0 Å². The molecule has 2 rings (SSSR count). The van der Waals surface area contributed by atoms with Gasteiger partial charge >= 0.3 is 0 Å². The molecule has 0 fully saturated rings. The molecule has 0 unspecified atom stereocenters. The number of aromatic nitrogens is 1. The lowest BCUT2D eigenvalue weighted by molar-refractivity contribution is 0.476. The first-order valence-electron chi connectivity index (χ1n) is 7.14. The van der Waals surface area contributed by atoms with Crippen LogP contribution in [0.15, 0.2) is 36.5 Å². The molecule has 112 valence electrons. The molecule has 0 aliphatic carbocycles. The molecular formula is C17H21ClN2O. The van der Waals surface area contributed by atoms with Crippen molar-refractivity contribution in [3.05, 3.63) is 52.8 Å². The van der Waals surface area contributed by atoms with Gasteiger partial charge in [0.05, 0.1) is 5.69 Å². The van der Waals surface area contributed by atoms with Gasteiger partial charge in [-0.3, -0.25) is 4.98 Å². The second kappa shape index (κ2) is 7.43. The van der Waals surface area contributed by atoms with E-state index in [2.05, 4.69) is 24.1 Å². The minimum atomic E-state index is 0.626. The van der Waals surface area contributed by atoms with Crippen molar-refractivity contribution in [1.82, 2.24) is 10.3 Å². The third-order valence-corrected chi connectivity index (χ3v) is 3.25. The van der Waals surface area contributed by atoms with Crippen LogP contribution >= 0.6 is 11.6 Å². The number of nitrogens with one attached hydrogen (secondary N) is 1. The summed E-state index contributed by atoms with van der Waals surface area (Å²) in [5.41, 5.74) is 1.98. The highest BCUT2D eigenvalue weighted by molar-refractivity contribution is 6.30. The van der Waals surface area contributed by atoms with Crippen molar-refractivity contribution in [3.8, 4) is 11.5 Å². The Balaban J connectivity index is 2.03. The van der Waals surface area contributed by atoms with Crippen LogP contribution in [0.2, 0.25) is 5.02 Å². The van der Waals surface area contributed by atoms with Gasteiger partial charge < -0.3 is 10.1 Å². The Hall–Kier alpha value is -1.58. The standard InChI is InChI=1S/C17H21ClN2O/c1-12(2)10-19-11-15-9-16(6-7-20-15)21-17-5-4-14(18)8-13(17)3/h4-9,12,19H,10-11H2,1-3H3. The van der Waals surface area contributed by atoms with Gasteiger partial charge in [-0.05, 0) is 49.2 Å². The Labute approximate surface area is 131 Å². The fourth-order valence-corrected chi connectivity index (χ4v) is 2.19. The summed E-state index contributed by atoms with van der Waals surface area (Å²) in [5.74, 6) is 2.23. The lowest BCUT2D eigenvalue weighted by Gasteiger charge is -2.11. The predicted octanol–water partition coefficient (Wildman–Crippen LogP) is 4.58. The van der Waals surface area contributed by atoms with E-state index in [9.17, 15) is 0 Å². The maximum absolute atomic E-state index is 5.95. The monoisotopic (exact) mass is 304 g/mol. The molecule has 1 N–H and O–H groups in total. The summed E-state index contributed by atoms with van der Waals surface area (Å²) in [6.07, 6.45) is 1.77. The van der Waals surface area contributed by atoms with E-state index in [4.69, 9.17) is 16.3 Å². The van der Waals surface area contributed by atoms with E-state index in [0.717, 1.165) is 35.8 Å². The van der Waals surface area contributed by atoms with Crippen LogP contribution in [0.5, 0.6) is 11.5 Å². The molecule has 0 aliphatic heterocycles. The Kier molecular flexibility index (Phi) is 5.59.